The largest absolute Gasteiger partial charge is 0.480 e. The summed E-state index contributed by atoms with van der Waals surface area (Å²) in [4.78, 5) is 37.1. The highest BCUT2D eigenvalue weighted by Gasteiger charge is 2.32. The zero-order valence-corrected chi connectivity index (χ0v) is 19.0. The summed E-state index contributed by atoms with van der Waals surface area (Å²) < 4.78 is 6.94. The van der Waals surface area contributed by atoms with Gasteiger partial charge < -0.3 is 25.6 Å². The first-order chi connectivity index (χ1) is 16.9. The van der Waals surface area contributed by atoms with E-state index < -0.39 is 36.7 Å². The van der Waals surface area contributed by atoms with E-state index in [1.165, 1.54) is 16.9 Å². The number of nitrogens with zero attached hydrogens (tertiary/aromatic N) is 2. The number of fused-ring (bicyclic) bond motifs is 3. The fraction of sp³-hybridized carbons (Fsp3) is 0.280. The van der Waals surface area contributed by atoms with Crippen LogP contribution in [0.5, 0.6) is 0 Å². The van der Waals surface area contributed by atoms with Gasteiger partial charge in [0.15, 0.2) is 6.04 Å². The number of rotatable bonds is 9. The van der Waals surface area contributed by atoms with E-state index in [0.717, 1.165) is 22.3 Å². The number of hydrogen-bond acceptors (Lipinski definition) is 6. The van der Waals surface area contributed by atoms with E-state index in [1.807, 2.05) is 48.5 Å². The van der Waals surface area contributed by atoms with Crippen molar-refractivity contribution in [3.05, 3.63) is 77.6 Å². The second-order valence-corrected chi connectivity index (χ2v) is 8.19. The van der Waals surface area contributed by atoms with Gasteiger partial charge in [0.2, 0.25) is 5.91 Å². The molecule has 4 N–H and O–H groups in total. The van der Waals surface area contributed by atoms with Crippen LogP contribution in [-0.4, -0.2) is 57.2 Å². The van der Waals surface area contributed by atoms with Crippen LogP contribution in [0.4, 0.5) is 4.79 Å². The van der Waals surface area contributed by atoms with Crippen LogP contribution in [0.1, 0.15) is 35.2 Å². The summed E-state index contributed by atoms with van der Waals surface area (Å²) in [5, 5.41) is 27.3. The zero-order valence-electron chi connectivity index (χ0n) is 19.0. The van der Waals surface area contributed by atoms with Gasteiger partial charge in [0.05, 0.1) is 5.69 Å². The molecule has 3 aromatic rings. The molecule has 10 heteroatoms. The molecule has 35 heavy (non-hydrogen) atoms. The molecule has 0 aliphatic heterocycles. The summed E-state index contributed by atoms with van der Waals surface area (Å²) in [5.74, 6) is -2.21. The van der Waals surface area contributed by atoms with Gasteiger partial charge in [-0.1, -0.05) is 48.5 Å². The number of nitrogens with one attached hydrogen (secondary N) is 2. The molecule has 0 saturated carbocycles. The summed E-state index contributed by atoms with van der Waals surface area (Å²) in [5.41, 5.74) is 4.62. The van der Waals surface area contributed by atoms with Crippen molar-refractivity contribution in [2.75, 3.05) is 13.2 Å². The Kier molecular flexibility index (Phi) is 7.11. The molecule has 0 saturated heterocycles. The third kappa shape index (κ3) is 5.02. The van der Waals surface area contributed by atoms with Crippen LogP contribution in [0.3, 0.4) is 0 Å². The number of amides is 2. The molecule has 182 valence electrons. The summed E-state index contributed by atoms with van der Waals surface area (Å²) >= 11 is 0. The topological polar surface area (TPSA) is 143 Å². The third-order valence-electron chi connectivity index (χ3n) is 6.06. The number of aliphatic hydroxyl groups is 1. The van der Waals surface area contributed by atoms with Crippen molar-refractivity contribution in [2.24, 2.45) is 7.05 Å². The van der Waals surface area contributed by atoms with E-state index in [-0.39, 0.29) is 18.9 Å². The Labute approximate surface area is 201 Å². The first-order valence-electron chi connectivity index (χ1n) is 11.1. The van der Waals surface area contributed by atoms with Crippen LogP contribution in [0.2, 0.25) is 0 Å². The number of aromatic nitrogens is 2. The summed E-state index contributed by atoms with van der Waals surface area (Å²) in [6.45, 7) is -0.366. The molecule has 2 aromatic carbocycles. The Morgan fingerprint density at radius 2 is 1.66 bits per heavy atom. The molecule has 2 atom stereocenters. The van der Waals surface area contributed by atoms with E-state index in [1.54, 1.807) is 7.05 Å². The average molecular weight is 479 g/mol. The van der Waals surface area contributed by atoms with Gasteiger partial charge in [-0.2, -0.15) is 5.10 Å². The highest BCUT2D eigenvalue weighted by Crippen LogP contribution is 2.44. The summed E-state index contributed by atoms with van der Waals surface area (Å²) in [6.07, 6.45) is 0.448. The van der Waals surface area contributed by atoms with Gasteiger partial charge in [0.1, 0.15) is 12.6 Å². The Bertz CT molecular complexity index is 1190. The minimum Gasteiger partial charge on any atom is -0.480 e. The number of carbonyl (C=O) groups excluding carboxylic acids is 2. The number of aliphatic carboxylic acids is 1. The number of ether oxygens (including phenoxy) is 1. The maximum absolute atomic E-state index is 12.9. The van der Waals surface area contributed by atoms with E-state index >= 15 is 0 Å². The maximum Gasteiger partial charge on any atom is 0.408 e. The number of aryl methyl sites for hydroxylation is 1. The van der Waals surface area contributed by atoms with Crippen molar-refractivity contribution in [2.45, 2.75) is 24.4 Å². The smallest absolute Gasteiger partial charge is 0.408 e. The third-order valence-corrected chi connectivity index (χ3v) is 6.06. The van der Waals surface area contributed by atoms with Crippen molar-refractivity contribution in [1.29, 1.82) is 0 Å². The van der Waals surface area contributed by atoms with Crippen LogP contribution in [-0.2, 0) is 21.4 Å². The lowest BCUT2D eigenvalue weighted by Crippen LogP contribution is -2.48. The van der Waals surface area contributed by atoms with Crippen molar-refractivity contribution >= 4 is 18.0 Å². The van der Waals surface area contributed by atoms with Gasteiger partial charge in [-0.15, -0.1) is 0 Å². The first kappa shape index (κ1) is 24.0. The summed E-state index contributed by atoms with van der Waals surface area (Å²) in [6, 6.07) is 14.8. The second kappa shape index (κ2) is 10.4. The Morgan fingerprint density at radius 1 is 1.03 bits per heavy atom. The quantitative estimate of drug-likeness (QED) is 0.368. The van der Waals surface area contributed by atoms with E-state index in [9.17, 15) is 19.5 Å². The van der Waals surface area contributed by atoms with Gasteiger partial charge in [-0.25, -0.2) is 9.59 Å². The fourth-order valence-electron chi connectivity index (χ4n) is 4.34. The molecule has 0 spiro atoms. The molecule has 10 nitrogen and oxygen atoms in total. The van der Waals surface area contributed by atoms with Gasteiger partial charge >= 0.3 is 12.1 Å². The van der Waals surface area contributed by atoms with Crippen LogP contribution < -0.4 is 10.6 Å². The van der Waals surface area contributed by atoms with E-state index in [2.05, 4.69) is 15.7 Å². The van der Waals surface area contributed by atoms with Gasteiger partial charge in [0.25, 0.3) is 0 Å². The van der Waals surface area contributed by atoms with E-state index in [4.69, 9.17) is 9.84 Å². The van der Waals surface area contributed by atoms with Gasteiger partial charge in [0, 0.05) is 32.2 Å². The highest BCUT2D eigenvalue weighted by molar-refractivity contribution is 5.90. The fourth-order valence-corrected chi connectivity index (χ4v) is 4.34. The molecule has 1 aliphatic carbocycles. The number of hydrogen-bond donors (Lipinski definition) is 4. The van der Waals surface area contributed by atoms with Crippen molar-refractivity contribution < 1.29 is 29.3 Å². The van der Waals surface area contributed by atoms with Crippen LogP contribution in [0, 0.1) is 0 Å². The lowest BCUT2D eigenvalue weighted by Gasteiger charge is -2.22. The number of alkyl carbamates (subject to hydrolysis) is 1. The molecule has 0 fully saturated rings. The number of aliphatic hydroxyl groups excluding tert-OH is 1. The van der Waals surface area contributed by atoms with Crippen molar-refractivity contribution in [3.8, 4) is 11.1 Å². The molecule has 2 unspecified atom stereocenters. The molecule has 4 rings (SSSR count). The number of benzene rings is 2. The van der Waals surface area contributed by atoms with Crippen molar-refractivity contribution in [1.82, 2.24) is 20.4 Å². The lowest BCUT2D eigenvalue weighted by atomic mass is 9.98. The SMILES string of the molecule is Cn1nccc1C(NC(=O)OCC1c2ccccc2-c2ccccc21)C(=O)NC(CCO)C(=O)O. The average Bonchev–Trinajstić information content (AvgIpc) is 3.41. The lowest BCUT2D eigenvalue weighted by molar-refractivity contribution is -0.142. The molecule has 1 heterocycles. The highest BCUT2D eigenvalue weighted by atomic mass is 16.5. The predicted octanol–water partition coefficient (Wildman–Crippen LogP) is 1.95. The van der Waals surface area contributed by atoms with E-state index in [0.29, 0.717) is 5.69 Å². The van der Waals surface area contributed by atoms with Gasteiger partial charge in [-0.05, 0) is 28.3 Å². The maximum atomic E-state index is 12.9. The molecule has 1 aliphatic rings. The molecule has 1 aromatic heterocycles. The van der Waals surface area contributed by atoms with Crippen LogP contribution in [0.15, 0.2) is 60.8 Å². The summed E-state index contributed by atoms with van der Waals surface area (Å²) in [7, 11) is 1.59. The Balaban J connectivity index is 1.49. The normalized spacial score (nSPS) is 13.9. The number of carboxylic acids is 1. The Morgan fingerprint density at radius 3 is 2.20 bits per heavy atom. The Hall–Kier alpha value is -4.18. The number of carbonyl (C=O) groups is 3. The molecular weight excluding hydrogens is 452 g/mol. The second-order valence-electron chi connectivity index (χ2n) is 8.19. The predicted molar refractivity (Wildman–Crippen MR) is 125 cm³/mol. The standard InChI is InChI=1S/C25H26N4O6/c1-29-21(10-12-26-29)22(23(31)27-20(11-13-30)24(32)33)28-25(34)35-14-19-17-8-4-2-6-15(17)16-7-3-5-9-18(16)19/h2-10,12,19-20,22,30H,11,13-14H2,1H3,(H,27,31)(H,28,34)(H,32,33). The van der Waals surface area contributed by atoms with Crippen LogP contribution >= 0.6 is 0 Å². The minimum absolute atomic E-state index is 0.0574. The molecule has 0 radical (unpaired) electrons. The number of carboxylic acid groups (broad SMARTS) is 1. The zero-order chi connectivity index (χ0) is 24.9. The van der Waals surface area contributed by atoms with Crippen LogP contribution in [0.25, 0.3) is 11.1 Å². The molecule has 0 bridgehead atoms. The minimum atomic E-state index is -1.31. The van der Waals surface area contributed by atoms with Gasteiger partial charge in [-0.3, -0.25) is 9.48 Å². The molecular formula is C25H26N4O6. The van der Waals surface area contributed by atoms with Crippen molar-refractivity contribution in [3.63, 3.8) is 0 Å². The monoisotopic (exact) mass is 478 g/mol. The molecule has 2 amide bonds. The first-order valence-corrected chi connectivity index (χ1v) is 11.1.